The highest BCUT2D eigenvalue weighted by molar-refractivity contribution is 5.76. The van der Waals surface area contributed by atoms with Gasteiger partial charge >= 0.3 is 0 Å². The van der Waals surface area contributed by atoms with E-state index in [4.69, 9.17) is 0 Å². The van der Waals surface area contributed by atoms with Crippen LogP contribution in [0.2, 0.25) is 0 Å². The van der Waals surface area contributed by atoms with E-state index in [1.807, 2.05) is 13.8 Å². The van der Waals surface area contributed by atoms with Crippen LogP contribution in [0, 0.1) is 19.8 Å². The number of aliphatic hydroxyl groups excluding tert-OH is 1. The van der Waals surface area contributed by atoms with Gasteiger partial charge in [0.2, 0.25) is 5.91 Å². The summed E-state index contributed by atoms with van der Waals surface area (Å²) in [5, 5.41) is 14.1. The molecule has 1 amide bonds. The van der Waals surface area contributed by atoms with Gasteiger partial charge in [0.15, 0.2) is 0 Å². The third-order valence-electron chi connectivity index (χ3n) is 4.63. The van der Waals surface area contributed by atoms with Crippen molar-refractivity contribution in [3.63, 3.8) is 0 Å². The molecule has 0 bridgehead atoms. The topological polar surface area (TPSA) is 83.6 Å². The number of rotatable bonds is 6. The van der Waals surface area contributed by atoms with Crippen LogP contribution in [-0.4, -0.2) is 55.2 Å². The Labute approximate surface area is 135 Å². The monoisotopic (exact) mass is 317 g/mol. The van der Waals surface area contributed by atoms with Crippen molar-refractivity contribution in [2.45, 2.75) is 45.6 Å². The number of nitrogens with zero attached hydrogens (tertiary/aromatic N) is 5. The predicted molar refractivity (Wildman–Crippen MR) is 84.9 cm³/mol. The number of hydrogen-bond acceptors (Lipinski definition) is 5. The first-order valence-electron chi connectivity index (χ1n) is 8.05. The Bertz CT molecular complexity index is 723. The lowest BCUT2D eigenvalue weighted by Crippen LogP contribution is -2.35. The molecule has 0 aliphatic heterocycles. The largest absolute Gasteiger partial charge is 0.391 e. The lowest BCUT2D eigenvalue weighted by Gasteiger charge is -2.21. The molecule has 1 aliphatic carbocycles. The van der Waals surface area contributed by atoms with E-state index >= 15 is 0 Å². The van der Waals surface area contributed by atoms with Gasteiger partial charge in [0.1, 0.15) is 6.33 Å². The van der Waals surface area contributed by atoms with Crippen LogP contribution in [0.1, 0.15) is 36.2 Å². The number of carbonyl (C=O) groups is 1. The molecule has 1 saturated carbocycles. The summed E-state index contributed by atoms with van der Waals surface area (Å²) in [6.07, 6.45) is 4.26. The van der Waals surface area contributed by atoms with Crippen molar-refractivity contribution in [3.05, 3.63) is 23.3 Å². The third kappa shape index (κ3) is 3.34. The Morgan fingerprint density at radius 1 is 1.48 bits per heavy atom. The van der Waals surface area contributed by atoms with Gasteiger partial charge in [0.25, 0.3) is 5.78 Å². The normalized spacial score (nSPS) is 15.8. The molecule has 3 rings (SSSR count). The van der Waals surface area contributed by atoms with E-state index in [0.29, 0.717) is 31.1 Å². The van der Waals surface area contributed by atoms with Crippen molar-refractivity contribution in [1.82, 2.24) is 24.5 Å². The second-order valence-corrected chi connectivity index (χ2v) is 6.41. The fourth-order valence-electron chi connectivity index (χ4n) is 2.95. The van der Waals surface area contributed by atoms with Crippen molar-refractivity contribution in [1.29, 1.82) is 0 Å². The van der Waals surface area contributed by atoms with E-state index in [1.54, 1.807) is 16.5 Å². The number of hydrogen-bond donors (Lipinski definition) is 1. The van der Waals surface area contributed by atoms with Gasteiger partial charge in [0.05, 0.1) is 6.10 Å². The van der Waals surface area contributed by atoms with Crippen LogP contribution in [0.3, 0.4) is 0 Å². The molecule has 2 aromatic rings. The molecular weight excluding hydrogens is 294 g/mol. The number of likely N-dealkylation sites (N-methyl/N-ethyl adjacent to an activating group) is 1. The Morgan fingerprint density at radius 2 is 2.22 bits per heavy atom. The number of aryl methyl sites for hydroxylation is 2. The van der Waals surface area contributed by atoms with Crippen molar-refractivity contribution < 1.29 is 9.90 Å². The fourth-order valence-corrected chi connectivity index (χ4v) is 2.95. The van der Waals surface area contributed by atoms with Crippen LogP contribution in [-0.2, 0) is 11.2 Å². The predicted octanol–water partition coefficient (Wildman–Crippen LogP) is 0.903. The maximum absolute atomic E-state index is 12.3. The minimum absolute atomic E-state index is 0.0437. The highest BCUT2D eigenvalue weighted by Crippen LogP contribution is 2.32. The molecule has 124 valence electrons. The van der Waals surface area contributed by atoms with Gasteiger partial charge in [0, 0.05) is 31.4 Å². The van der Waals surface area contributed by atoms with Gasteiger partial charge in [-0.15, -0.1) is 0 Å². The molecule has 7 nitrogen and oxygen atoms in total. The molecule has 1 atom stereocenters. The van der Waals surface area contributed by atoms with Crippen LogP contribution >= 0.6 is 0 Å². The van der Waals surface area contributed by atoms with Crippen LogP contribution < -0.4 is 0 Å². The van der Waals surface area contributed by atoms with Crippen molar-refractivity contribution in [3.8, 4) is 0 Å². The zero-order valence-corrected chi connectivity index (χ0v) is 13.9. The van der Waals surface area contributed by atoms with Gasteiger partial charge in [-0.2, -0.15) is 10.1 Å². The standard InChI is InChI=1S/C16H23N5O2/c1-10-13(11(2)21-16(19-10)17-9-18-21)6-7-15(23)20(3)8-14(22)12-4-5-12/h9,12,14,22H,4-8H2,1-3H3. The van der Waals surface area contributed by atoms with E-state index in [-0.39, 0.29) is 12.0 Å². The smallest absolute Gasteiger partial charge is 0.252 e. The van der Waals surface area contributed by atoms with Crippen LogP contribution in [0.5, 0.6) is 0 Å². The molecule has 1 N–H and O–H groups in total. The van der Waals surface area contributed by atoms with Gasteiger partial charge in [-0.3, -0.25) is 4.79 Å². The fraction of sp³-hybridized carbons (Fsp3) is 0.625. The quantitative estimate of drug-likeness (QED) is 0.856. The number of aliphatic hydroxyl groups is 1. The van der Waals surface area contributed by atoms with Crippen molar-refractivity contribution >= 4 is 11.7 Å². The van der Waals surface area contributed by atoms with E-state index in [9.17, 15) is 9.90 Å². The van der Waals surface area contributed by atoms with Crippen molar-refractivity contribution in [2.75, 3.05) is 13.6 Å². The van der Waals surface area contributed by atoms with Gasteiger partial charge in [-0.25, -0.2) is 9.50 Å². The molecule has 7 heteroatoms. The summed E-state index contributed by atoms with van der Waals surface area (Å²) in [6, 6.07) is 0. The summed E-state index contributed by atoms with van der Waals surface area (Å²) in [7, 11) is 1.76. The number of aromatic nitrogens is 4. The molecule has 23 heavy (non-hydrogen) atoms. The first kappa shape index (κ1) is 15.9. The SMILES string of the molecule is Cc1nc2ncnn2c(C)c1CCC(=O)N(C)CC(O)C1CC1. The summed E-state index contributed by atoms with van der Waals surface area (Å²) in [4.78, 5) is 22.4. The summed E-state index contributed by atoms with van der Waals surface area (Å²) in [6.45, 7) is 4.32. The molecule has 1 fully saturated rings. The Morgan fingerprint density at radius 3 is 2.91 bits per heavy atom. The molecule has 0 spiro atoms. The average molecular weight is 317 g/mol. The number of amides is 1. The average Bonchev–Trinajstić information content (AvgIpc) is 3.26. The highest BCUT2D eigenvalue weighted by atomic mass is 16.3. The summed E-state index contributed by atoms with van der Waals surface area (Å²) in [5.41, 5.74) is 2.89. The Hall–Kier alpha value is -2.02. The number of fused-ring (bicyclic) bond motifs is 1. The first-order chi connectivity index (χ1) is 11.0. The van der Waals surface area contributed by atoms with E-state index < -0.39 is 0 Å². The molecule has 2 heterocycles. The molecule has 2 aromatic heterocycles. The lowest BCUT2D eigenvalue weighted by atomic mass is 10.1. The van der Waals surface area contributed by atoms with Gasteiger partial charge in [-0.05, 0) is 44.6 Å². The van der Waals surface area contributed by atoms with E-state index in [1.165, 1.54) is 6.33 Å². The van der Waals surface area contributed by atoms with E-state index in [0.717, 1.165) is 29.8 Å². The maximum Gasteiger partial charge on any atom is 0.252 e. The first-order valence-corrected chi connectivity index (χ1v) is 8.05. The summed E-state index contributed by atoms with van der Waals surface area (Å²) >= 11 is 0. The zero-order valence-electron chi connectivity index (χ0n) is 13.9. The Kier molecular flexibility index (Phi) is 4.30. The third-order valence-corrected chi connectivity index (χ3v) is 4.63. The van der Waals surface area contributed by atoms with Crippen molar-refractivity contribution in [2.24, 2.45) is 5.92 Å². The minimum atomic E-state index is -0.388. The zero-order chi connectivity index (χ0) is 16.6. The van der Waals surface area contributed by atoms with Crippen LogP contribution in [0.15, 0.2) is 6.33 Å². The maximum atomic E-state index is 12.3. The molecular formula is C16H23N5O2. The molecule has 0 aromatic carbocycles. The number of carbonyl (C=O) groups excluding carboxylic acids is 1. The van der Waals surface area contributed by atoms with E-state index in [2.05, 4.69) is 15.1 Å². The summed E-state index contributed by atoms with van der Waals surface area (Å²) < 4.78 is 1.70. The Balaban J connectivity index is 1.64. The molecule has 0 radical (unpaired) electrons. The molecule has 1 aliphatic rings. The molecule has 0 saturated heterocycles. The second kappa shape index (κ2) is 6.23. The summed E-state index contributed by atoms with van der Waals surface area (Å²) in [5.74, 6) is 1.01. The van der Waals surface area contributed by atoms with Crippen LogP contribution in [0.25, 0.3) is 5.78 Å². The lowest BCUT2D eigenvalue weighted by molar-refractivity contribution is -0.131. The second-order valence-electron chi connectivity index (χ2n) is 6.41. The van der Waals surface area contributed by atoms with Crippen LogP contribution in [0.4, 0.5) is 0 Å². The van der Waals surface area contributed by atoms with Gasteiger partial charge < -0.3 is 10.0 Å². The van der Waals surface area contributed by atoms with Gasteiger partial charge in [-0.1, -0.05) is 0 Å². The highest BCUT2D eigenvalue weighted by Gasteiger charge is 2.31. The minimum Gasteiger partial charge on any atom is -0.391 e. The molecule has 1 unspecified atom stereocenters.